The average Bonchev–Trinajstić information content (AvgIpc) is 3.17. The minimum Gasteiger partial charge on any atom is -0.444 e. The van der Waals surface area contributed by atoms with E-state index >= 15 is 0 Å². The Hall–Kier alpha value is -2.80. The number of rotatable bonds is 6. The zero-order valence-corrected chi connectivity index (χ0v) is 13.2. The van der Waals surface area contributed by atoms with Gasteiger partial charge >= 0.3 is 0 Å². The summed E-state index contributed by atoms with van der Waals surface area (Å²) in [4.78, 5) is 15.9. The third-order valence-corrected chi connectivity index (χ3v) is 3.87. The van der Waals surface area contributed by atoms with Crippen LogP contribution in [0.15, 0.2) is 65.3 Å². The van der Waals surface area contributed by atoms with Crippen molar-refractivity contribution in [1.29, 1.82) is 0 Å². The predicted molar refractivity (Wildman–Crippen MR) is 90.4 cm³/mol. The summed E-state index contributed by atoms with van der Waals surface area (Å²) in [5.41, 5.74) is 2.26. The van der Waals surface area contributed by atoms with E-state index in [1.54, 1.807) is 24.3 Å². The van der Waals surface area contributed by atoms with Gasteiger partial charge in [-0.3, -0.25) is 4.79 Å². The van der Waals surface area contributed by atoms with E-state index in [9.17, 15) is 15.0 Å². The lowest BCUT2D eigenvalue weighted by atomic mass is 9.96. The summed E-state index contributed by atoms with van der Waals surface area (Å²) in [5, 5.41) is 29.1. The average molecular weight is 339 g/mol. The van der Waals surface area contributed by atoms with Gasteiger partial charge in [0.2, 0.25) is 5.89 Å². The summed E-state index contributed by atoms with van der Waals surface area (Å²) < 4.78 is 5.52. The molecule has 0 saturated heterocycles. The molecule has 3 rings (SSSR count). The molecule has 0 amide bonds. The third kappa shape index (κ3) is 3.51. The topological polar surface area (TPSA) is 104 Å². The van der Waals surface area contributed by atoms with Gasteiger partial charge < -0.3 is 19.7 Å². The van der Waals surface area contributed by atoms with Crippen LogP contribution in [0.4, 0.5) is 0 Å². The predicted octanol–water partition coefficient (Wildman–Crippen LogP) is 1.96. The molecular weight excluding hydrogens is 322 g/mol. The van der Waals surface area contributed by atoms with Crippen LogP contribution in [0.1, 0.15) is 11.7 Å². The zero-order valence-electron chi connectivity index (χ0n) is 13.2. The quantitative estimate of drug-likeness (QED) is 0.634. The maximum atomic E-state index is 11.5. The highest BCUT2D eigenvalue weighted by molar-refractivity contribution is 5.85. The van der Waals surface area contributed by atoms with Crippen LogP contribution in [-0.2, 0) is 4.79 Å². The maximum Gasteiger partial charge on any atom is 0.226 e. The summed E-state index contributed by atoms with van der Waals surface area (Å²) >= 11 is 0. The number of carbonyl (C=O) groups excluding carboxylic acids is 1. The second kappa shape index (κ2) is 7.40. The molecule has 2 unspecified atom stereocenters. The molecule has 0 fully saturated rings. The van der Waals surface area contributed by atoms with Crippen LogP contribution in [0.25, 0.3) is 22.7 Å². The molecule has 1 aromatic heterocycles. The van der Waals surface area contributed by atoms with E-state index in [0.717, 1.165) is 5.56 Å². The molecule has 2 aromatic carbocycles. The standard InChI is InChI=1S/C19H17NO5/c21-10-16(22)18(24)17(23)13-8-4-5-9-14(13)19-20-15(11-25-19)12-6-2-1-3-7-12/h1-9,11,17-18,21,23-24H,10H2. The number of carbonyl (C=O) groups is 1. The summed E-state index contributed by atoms with van der Waals surface area (Å²) in [6, 6.07) is 16.1. The molecule has 0 radical (unpaired) electrons. The molecule has 0 aliphatic carbocycles. The van der Waals surface area contributed by atoms with Gasteiger partial charge in [-0.2, -0.15) is 0 Å². The van der Waals surface area contributed by atoms with Crippen LogP contribution in [0.5, 0.6) is 0 Å². The van der Waals surface area contributed by atoms with Crippen molar-refractivity contribution in [2.75, 3.05) is 6.61 Å². The Morgan fingerprint density at radius 2 is 1.72 bits per heavy atom. The van der Waals surface area contributed by atoms with Crippen LogP contribution in [0, 0.1) is 0 Å². The van der Waals surface area contributed by atoms with E-state index in [1.807, 2.05) is 30.3 Å². The molecular formula is C19H17NO5. The summed E-state index contributed by atoms with van der Waals surface area (Å²) in [6.07, 6.45) is -1.72. The second-order valence-corrected chi connectivity index (χ2v) is 5.51. The Bertz CT molecular complexity index is 859. The van der Waals surface area contributed by atoms with Gasteiger partial charge in [0.05, 0.1) is 0 Å². The molecule has 128 valence electrons. The van der Waals surface area contributed by atoms with E-state index in [-0.39, 0.29) is 5.89 Å². The molecule has 2 atom stereocenters. The Kier molecular flexibility index (Phi) is 5.04. The maximum absolute atomic E-state index is 11.5. The van der Waals surface area contributed by atoms with Crippen molar-refractivity contribution in [1.82, 2.24) is 4.98 Å². The summed E-state index contributed by atoms with van der Waals surface area (Å²) in [7, 11) is 0. The molecule has 3 N–H and O–H groups in total. The fourth-order valence-electron chi connectivity index (χ4n) is 2.53. The SMILES string of the molecule is O=C(CO)C(O)C(O)c1ccccc1-c1nc(-c2ccccc2)co1. The van der Waals surface area contributed by atoms with E-state index < -0.39 is 24.6 Å². The molecule has 0 bridgehead atoms. The largest absolute Gasteiger partial charge is 0.444 e. The number of aliphatic hydroxyl groups excluding tert-OH is 3. The Labute approximate surface area is 144 Å². The number of benzene rings is 2. The minimum absolute atomic E-state index is 0.261. The number of ketones is 1. The van der Waals surface area contributed by atoms with E-state index in [2.05, 4.69) is 4.98 Å². The van der Waals surface area contributed by atoms with Crippen LogP contribution in [-0.4, -0.2) is 38.8 Å². The second-order valence-electron chi connectivity index (χ2n) is 5.51. The summed E-state index contributed by atoms with van der Waals surface area (Å²) in [5.74, 6) is -0.600. The van der Waals surface area contributed by atoms with Gasteiger partial charge in [-0.25, -0.2) is 4.98 Å². The first-order chi connectivity index (χ1) is 12.1. The van der Waals surface area contributed by atoms with Crippen molar-refractivity contribution in [2.45, 2.75) is 12.2 Å². The van der Waals surface area contributed by atoms with Crippen LogP contribution in [0.3, 0.4) is 0 Å². The zero-order chi connectivity index (χ0) is 17.8. The molecule has 0 aliphatic heterocycles. The number of hydrogen-bond acceptors (Lipinski definition) is 6. The van der Waals surface area contributed by atoms with Crippen molar-refractivity contribution in [3.63, 3.8) is 0 Å². The highest BCUT2D eigenvalue weighted by Gasteiger charge is 2.28. The number of aliphatic hydroxyl groups is 3. The Morgan fingerprint density at radius 1 is 1.04 bits per heavy atom. The molecule has 6 nitrogen and oxygen atoms in total. The molecule has 6 heteroatoms. The van der Waals surface area contributed by atoms with Crippen molar-refractivity contribution in [2.24, 2.45) is 0 Å². The Morgan fingerprint density at radius 3 is 2.44 bits per heavy atom. The lowest BCUT2D eigenvalue weighted by molar-refractivity contribution is -0.135. The van der Waals surface area contributed by atoms with E-state index in [0.29, 0.717) is 16.8 Å². The monoisotopic (exact) mass is 339 g/mol. The minimum atomic E-state index is -1.73. The van der Waals surface area contributed by atoms with Gasteiger partial charge in [0.15, 0.2) is 5.78 Å². The lowest BCUT2D eigenvalue weighted by Crippen LogP contribution is -2.30. The molecule has 0 spiro atoms. The number of Topliss-reactive ketones (excluding diaryl/α,β-unsaturated/α-hetero) is 1. The molecule has 1 heterocycles. The molecule has 0 saturated carbocycles. The fraction of sp³-hybridized carbons (Fsp3) is 0.158. The smallest absolute Gasteiger partial charge is 0.226 e. The highest BCUT2D eigenvalue weighted by Crippen LogP contribution is 2.31. The van der Waals surface area contributed by atoms with Gasteiger partial charge in [-0.15, -0.1) is 0 Å². The fourth-order valence-corrected chi connectivity index (χ4v) is 2.53. The first-order valence-corrected chi connectivity index (χ1v) is 7.71. The first kappa shape index (κ1) is 17.0. The number of nitrogens with zero attached hydrogens (tertiary/aromatic N) is 1. The third-order valence-electron chi connectivity index (χ3n) is 3.87. The van der Waals surface area contributed by atoms with E-state index in [1.165, 1.54) is 6.26 Å². The Balaban J connectivity index is 1.97. The normalized spacial score (nSPS) is 13.4. The van der Waals surface area contributed by atoms with Gasteiger partial charge in [0, 0.05) is 11.1 Å². The number of aromatic nitrogens is 1. The lowest BCUT2D eigenvalue weighted by Gasteiger charge is -2.18. The first-order valence-electron chi connectivity index (χ1n) is 7.71. The molecule has 3 aromatic rings. The molecule has 25 heavy (non-hydrogen) atoms. The number of hydrogen-bond donors (Lipinski definition) is 3. The van der Waals surface area contributed by atoms with Crippen molar-refractivity contribution in [3.8, 4) is 22.7 Å². The van der Waals surface area contributed by atoms with Gasteiger partial charge in [0.1, 0.15) is 30.8 Å². The number of oxazole rings is 1. The summed E-state index contributed by atoms with van der Waals surface area (Å²) in [6.45, 7) is -0.850. The van der Waals surface area contributed by atoms with Crippen molar-refractivity contribution < 1.29 is 24.5 Å². The van der Waals surface area contributed by atoms with Gasteiger partial charge in [-0.1, -0.05) is 48.5 Å². The van der Waals surface area contributed by atoms with Crippen LogP contribution < -0.4 is 0 Å². The van der Waals surface area contributed by atoms with Crippen molar-refractivity contribution in [3.05, 3.63) is 66.4 Å². The van der Waals surface area contributed by atoms with Crippen molar-refractivity contribution >= 4 is 5.78 Å². The van der Waals surface area contributed by atoms with E-state index in [4.69, 9.17) is 9.52 Å². The highest BCUT2D eigenvalue weighted by atomic mass is 16.3. The van der Waals surface area contributed by atoms with Crippen LogP contribution >= 0.6 is 0 Å². The molecule has 0 aliphatic rings. The van der Waals surface area contributed by atoms with Gasteiger partial charge in [-0.05, 0) is 11.6 Å². The van der Waals surface area contributed by atoms with Gasteiger partial charge in [0.25, 0.3) is 0 Å². The van der Waals surface area contributed by atoms with Crippen LogP contribution in [0.2, 0.25) is 0 Å².